The molecule has 3 N–H and O–H groups in total. The monoisotopic (exact) mass is 314 g/mol. The summed E-state index contributed by atoms with van der Waals surface area (Å²) in [5.74, 6) is 0.0597. The summed E-state index contributed by atoms with van der Waals surface area (Å²) >= 11 is 0. The van der Waals surface area contributed by atoms with Gasteiger partial charge in [-0.1, -0.05) is 19.9 Å². The predicted molar refractivity (Wildman–Crippen MR) is 90.6 cm³/mol. The van der Waals surface area contributed by atoms with Gasteiger partial charge in [-0.25, -0.2) is 0 Å². The van der Waals surface area contributed by atoms with E-state index in [9.17, 15) is 9.59 Å². The Morgan fingerprint density at radius 1 is 1.22 bits per heavy atom. The van der Waals surface area contributed by atoms with E-state index in [1.54, 1.807) is 24.3 Å². The Labute approximate surface area is 135 Å². The average Bonchev–Trinajstić information content (AvgIpc) is 2.90. The van der Waals surface area contributed by atoms with Crippen molar-refractivity contribution in [1.29, 1.82) is 0 Å². The van der Waals surface area contributed by atoms with Gasteiger partial charge in [0.05, 0.1) is 0 Å². The first-order valence-corrected chi connectivity index (χ1v) is 7.59. The number of H-pyrrole nitrogens is 1. The molecule has 0 saturated heterocycles. The number of anilines is 2. The maximum Gasteiger partial charge on any atom is 0.276 e. The van der Waals surface area contributed by atoms with Gasteiger partial charge in [0, 0.05) is 24.0 Å². The lowest BCUT2D eigenvalue weighted by Crippen LogP contribution is -2.14. The second kappa shape index (κ2) is 7.09. The van der Waals surface area contributed by atoms with E-state index in [1.165, 1.54) is 6.92 Å². The molecule has 1 heterocycles. The quantitative estimate of drug-likeness (QED) is 0.792. The Bertz CT molecular complexity index is 719. The van der Waals surface area contributed by atoms with Gasteiger partial charge < -0.3 is 10.6 Å². The molecule has 6 heteroatoms. The van der Waals surface area contributed by atoms with Crippen LogP contribution in [-0.4, -0.2) is 22.0 Å². The first-order chi connectivity index (χ1) is 10.9. The molecule has 0 radical (unpaired) electrons. The maximum atomic E-state index is 12.3. The van der Waals surface area contributed by atoms with Gasteiger partial charge >= 0.3 is 0 Å². The standard InChI is InChI=1S/C17H22N4O2/c1-10(2)8-13-9-16(21-20-13)17(23)19-15-7-5-6-14(11(15)3)18-12(4)22/h5-7,9-10H,8H2,1-4H3,(H,18,22)(H,19,23)(H,20,21). The summed E-state index contributed by atoms with van der Waals surface area (Å²) < 4.78 is 0. The molecule has 0 atom stereocenters. The zero-order valence-electron chi connectivity index (χ0n) is 13.9. The van der Waals surface area contributed by atoms with Crippen LogP contribution in [0.5, 0.6) is 0 Å². The number of benzene rings is 1. The summed E-state index contributed by atoms with van der Waals surface area (Å²) in [5.41, 5.74) is 3.42. The fourth-order valence-electron chi connectivity index (χ4n) is 2.30. The predicted octanol–water partition coefficient (Wildman–Crippen LogP) is 3.13. The van der Waals surface area contributed by atoms with E-state index in [4.69, 9.17) is 0 Å². The molecule has 6 nitrogen and oxygen atoms in total. The van der Waals surface area contributed by atoms with E-state index < -0.39 is 0 Å². The van der Waals surface area contributed by atoms with Crippen LogP contribution in [0.4, 0.5) is 11.4 Å². The van der Waals surface area contributed by atoms with Crippen molar-refractivity contribution in [3.05, 3.63) is 41.2 Å². The minimum Gasteiger partial charge on any atom is -0.326 e. The molecule has 0 spiro atoms. The number of nitrogens with one attached hydrogen (secondary N) is 3. The number of aromatic nitrogens is 2. The number of carbonyl (C=O) groups excluding carboxylic acids is 2. The van der Waals surface area contributed by atoms with Crippen LogP contribution in [0.3, 0.4) is 0 Å². The van der Waals surface area contributed by atoms with E-state index in [0.717, 1.165) is 17.7 Å². The van der Waals surface area contributed by atoms with Crippen molar-refractivity contribution in [1.82, 2.24) is 10.2 Å². The van der Waals surface area contributed by atoms with Crippen LogP contribution in [0.15, 0.2) is 24.3 Å². The zero-order chi connectivity index (χ0) is 17.0. The van der Waals surface area contributed by atoms with Gasteiger partial charge in [0.2, 0.25) is 5.91 Å². The first-order valence-electron chi connectivity index (χ1n) is 7.59. The third-order valence-corrected chi connectivity index (χ3v) is 3.38. The van der Waals surface area contributed by atoms with E-state index in [0.29, 0.717) is 23.0 Å². The highest BCUT2D eigenvalue weighted by Gasteiger charge is 2.13. The van der Waals surface area contributed by atoms with Gasteiger partial charge in [-0.15, -0.1) is 0 Å². The molecular weight excluding hydrogens is 292 g/mol. The maximum absolute atomic E-state index is 12.3. The SMILES string of the molecule is CC(=O)Nc1cccc(NC(=O)c2cc(CC(C)C)[nH]n2)c1C. The van der Waals surface area contributed by atoms with Crippen molar-refractivity contribution in [3.63, 3.8) is 0 Å². The van der Waals surface area contributed by atoms with Gasteiger partial charge in [-0.2, -0.15) is 5.10 Å². The van der Waals surface area contributed by atoms with Crippen molar-refractivity contribution >= 4 is 23.2 Å². The van der Waals surface area contributed by atoms with Crippen LogP contribution in [0.1, 0.15) is 42.5 Å². The van der Waals surface area contributed by atoms with Crippen LogP contribution in [-0.2, 0) is 11.2 Å². The van der Waals surface area contributed by atoms with Crippen LogP contribution in [0, 0.1) is 12.8 Å². The Morgan fingerprint density at radius 3 is 2.48 bits per heavy atom. The summed E-state index contributed by atoms with van der Waals surface area (Å²) in [4.78, 5) is 23.5. The van der Waals surface area contributed by atoms with E-state index in [1.807, 2.05) is 6.92 Å². The molecule has 2 aromatic rings. The van der Waals surface area contributed by atoms with Gasteiger partial charge in [-0.3, -0.25) is 14.7 Å². The topological polar surface area (TPSA) is 86.9 Å². The molecule has 0 bridgehead atoms. The molecule has 1 aromatic heterocycles. The van der Waals surface area contributed by atoms with Crippen molar-refractivity contribution < 1.29 is 9.59 Å². The molecule has 2 rings (SSSR count). The average molecular weight is 314 g/mol. The van der Waals surface area contributed by atoms with E-state index in [2.05, 4.69) is 34.7 Å². The number of carbonyl (C=O) groups is 2. The molecular formula is C17H22N4O2. The molecule has 122 valence electrons. The Balaban J connectivity index is 2.14. The molecule has 0 saturated carbocycles. The fourth-order valence-corrected chi connectivity index (χ4v) is 2.30. The summed E-state index contributed by atoms with van der Waals surface area (Å²) in [6.45, 7) is 7.51. The van der Waals surface area contributed by atoms with Crippen molar-refractivity contribution in [2.75, 3.05) is 10.6 Å². The molecule has 0 fully saturated rings. The Kier molecular flexibility index (Phi) is 5.16. The summed E-state index contributed by atoms with van der Waals surface area (Å²) in [7, 11) is 0. The molecule has 0 unspecified atom stereocenters. The lowest BCUT2D eigenvalue weighted by molar-refractivity contribution is -0.114. The third kappa shape index (κ3) is 4.42. The number of hydrogen-bond acceptors (Lipinski definition) is 3. The summed E-state index contributed by atoms with van der Waals surface area (Å²) in [6.07, 6.45) is 0.845. The molecule has 0 aliphatic carbocycles. The lowest BCUT2D eigenvalue weighted by atomic mass is 10.1. The van der Waals surface area contributed by atoms with Gasteiger partial charge in [0.25, 0.3) is 5.91 Å². The van der Waals surface area contributed by atoms with Crippen LogP contribution in [0.25, 0.3) is 0 Å². The van der Waals surface area contributed by atoms with Crippen LogP contribution >= 0.6 is 0 Å². The minimum absolute atomic E-state index is 0.151. The first kappa shape index (κ1) is 16.7. The number of nitrogens with zero attached hydrogens (tertiary/aromatic N) is 1. The largest absolute Gasteiger partial charge is 0.326 e. The number of aromatic amines is 1. The van der Waals surface area contributed by atoms with E-state index >= 15 is 0 Å². The normalized spacial score (nSPS) is 10.7. The Hall–Kier alpha value is -2.63. The molecule has 0 aliphatic heterocycles. The zero-order valence-corrected chi connectivity index (χ0v) is 13.9. The highest BCUT2D eigenvalue weighted by molar-refractivity contribution is 6.04. The number of rotatable bonds is 5. The summed E-state index contributed by atoms with van der Waals surface area (Å²) in [5, 5.41) is 12.5. The van der Waals surface area contributed by atoms with Gasteiger partial charge in [0.1, 0.15) is 0 Å². The smallest absolute Gasteiger partial charge is 0.276 e. The highest BCUT2D eigenvalue weighted by Crippen LogP contribution is 2.23. The molecule has 0 aliphatic rings. The molecule has 23 heavy (non-hydrogen) atoms. The van der Waals surface area contributed by atoms with Gasteiger partial charge in [0.15, 0.2) is 5.69 Å². The highest BCUT2D eigenvalue weighted by atomic mass is 16.2. The van der Waals surface area contributed by atoms with Crippen molar-refractivity contribution in [2.24, 2.45) is 5.92 Å². The Morgan fingerprint density at radius 2 is 1.87 bits per heavy atom. The number of amides is 2. The number of hydrogen-bond donors (Lipinski definition) is 3. The lowest BCUT2D eigenvalue weighted by Gasteiger charge is -2.12. The van der Waals surface area contributed by atoms with E-state index in [-0.39, 0.29) is 11.8 Å². The molecule has 1 aromatic carbocycles. The van der Waals surface area contributed by atoms with Crippen LogP contribution in [0.2, 0.25) is 0 Å². The molecule has 2 amide bonds. The third-order valence-electron chi connectivity index (χ3n) is 3.38. The second-order valence-electron chi connectivity index (χ2n) is 5.99. The fraction of sp³-hybridized carbons (Fsp3) is 0.353. The summed E-state index contributed by atoms with van der Waals surface area (Å²) in [6, 6.07) is 7.13. The van der Waals surface area contributed by atoms with Crippen molar-refractivity contribution in [2.45, 2.75) is 34.1 Å². The van der Waals surface area contributed by atoms with Crippen LogP contribution < -0.4 is 10.6 Å². The minimum atomic E-state index is -0.278. The van der Waals surface area contributed by atoms with Crippen molar-refractivity contribution in [3.8, 4) is 0 Å². The van der Waals surface area contributed by atoms with Gasteiger partial charge in [-0.05, 0) is 43.0 Å². The second-order valence-corrected chi connectivity index (χ2v) is 5.99.